The van der Waals surface area contributed by atoms with E-state index in [1.165, 1.54) is 19.9 Å². The molecule has 2 aromatic rings. The van der Waals surface area contributed by atoms with E-state index in [4.69, 9.17) is 0 Å². The van der Waals surface area contributed by atoms with Crippen molar-refractivity contribution < 1.29 is 13.2 Å². The van der Waals surface area contributed by atoms with E-state index in [0.29, 0.717) is 6.54 Å². The summed E-state index contributed by atoms with van der Waals surface area (Å²) in [6, 6.07) is 12.6. The summed E-state index contributed by atoms with van der Waals surface area (Å²) < 4.78 is 26.6. The van der Waals surface area contributed by atoms with Gasteiger partial charge in [-0.2, -0.15) is 4.31 Å². The van der Waals surface area contributed by atoms with Crippen molar-refractivity contribution in [1.29, 1.82) is 0 Å². The second kappa shape index (κ2) is 8.16. The zero-order valence-electron chi connectivity index (χ0n) is 15.0. The summed E-state index contributed by atoms with van der Waals surface area (Å²) in [5.41, 5.74) is 0. The molecule has 0 unspecified atom stereocenters. The molecule has 1 saturated heterocycles. The van der Waals surface area contributed by atoms with Crippen molar-refractivity contribution in [2.45, 2.75) is 17.7 Å². The summed E-state index contributed by atoms with van der Waals surface area (Å²) in [6.07, 6.45) is 2.42. The van der Waals surface area contributed by atoms with E-state index < -0.39 is 10.0 Å². The molecular formula is C19H25N3O3S. The molecule has 1 amide bonds. The first-order valence-electron chi connectivity index (χ1n) is 8.91. The molecule has 0 atom stereocenters. The maximum Gasteiger partial charge on any atom is 0.243 e. The van der Waals surface area contributed by atoms with E-state index in [-0.39, 0.29) is 17.3 Å². The molecule has 26 heavy (non-hydrogen) atoms. The minimum absolute atomic E-state index is 0.185. The lowest BCUT2D eigenvalue weighted by Gasteiger charge is -2.18. The second-order valence-corrected chi connectivity index (χ2v) is 8.71. The van der Waals surface area contributed by atoms with Crippen molar-refractivity contribution in [3.8, 4) is 0 Å². The van der Waals surface area contributed by atoms with Crippen LogP contribution < -0.4 is 5.32 Å². The van der Waals surface area contributed by atoms with Gasteiger partial charge < -0.3 is 10.2 Å². The number of likely N-dealkylation sites (N-methyl/N-ethyl adjacent to an activating group) is 1. The molecule has 0 spiro atoms. The zero-order valence-corrected chi connectivity index (χ0v) is 15.8. The predicted octanol–water partition coefficient (Wildman–Crippen LogP) is 1.67. The van der Waals surface area contributed by atoms with E-state index in [2.05, 4.69) is 10.2 Å². The summed E-state index contributed by atoms with van der Waals surface area (Å²) in [6.45, 7) is 3.32. The molecule has 1 aliphatic heterocycles. The number of rotatable bonds is 7. The smallest absolute Gasteiger partial charge is 0.243 e. The summed E-state index contributed by atoms with van der Waals surface area (Å²) >= 11 is 0. The number of hydrogen-bond acceptors (Lipinski definition) is 4. The fourth-order valence-corrected chi connectivity index (χ4v) is 4.37. The number of amides is 1. The third-order valence-corrected chi connectivity index (χ3v) is 6.54. The standard InChI is InChI=1S/C19H25N3O3S/c1-21(15-19(23)20-10-13-22-11-4-5-12-22)26(24,25)18-9-8-16-6-2-3-7-17(16)14-18/h2-3,6-9,14H,4-5,10-13,15H2,1H3,(H,20,23). The molecule has 140 valence electrons. The molecule has 0 radical (unpaired) electrons. The predicted molar refractivity (Wildman–Crippen MR) is 102 cm³/mol. The zero-order chi connectivity index (χ0) is 18.6. The molecule has 1 aliphatic rings. The van der Waals surface area contributed by atoms with E-state index in [1.807, 2.05) is 24.3 Å². The first-order chi connectivity index (χ1) is 12.5. The fraction of sp³-hybridized carbons (Fsp3) is 0.421. The number of carbonyl (C=O) groups excluding carboxylic acids is 1. The molecule has 2 aromatic carbocycles. The quantitative estimate of drug-likeness (QED) is 0.799. The molecule has 6 nitrogen and oxygen atoms in total. The molecule has 3 rings (SSSR count). The molecular weight excluding hydrogens is 350 g/mol. The topological polar surface area (TPSA) is 69.7 Å². The van der Waals surface area contributed by atoms with E-state index >= 15 is 0 Å². The van der Waals surface area contributed by atoms with Crippen LogP contribution in [0.3, 0.4) is 0 Å². The number of nitrogens with one attached hydrogen (secondary N) is 1. The van der Waals surface area contributed by atoms with Crippen molar-refractivity contribution in [3.63, 3.8) is 0 Å². The van der Waals surface area contributed by atoms with Gasteiger partial charge in [-0.1, -0.05) is 30.3 Å². The van der Waals surface area contributed by atoms with Crippen molar-refractivity contribution in [1.82, 2.24) is 14.5 Å². The third kappa shape index (κ3) is 4.41. The largest absolute Gasteiger partial charge is 0.354 e. The minimum Gasteiger partial charge on any atom is -0.354 e. The van der Waals surface area contributed by atoms with Crippen LogP contribution >= 0.6 is 0 Å². The molecule has 1 heterocycles. The van der Waals surface area contributed by atoms with Gasteiger partial charge in [0, 0.05) is 20.1 Å². The van der Waals surface area contributed by atoms with Gasteiger partial charge in [0.05, 0.1) is 11.4 Å². The lowest BCUT2D eigenvalue weighted by molar-refractivity contribution is -0.121. The van der Waals surface area contributed by atoms with Crippen molar-refractivity contribution in [2.75, 3.05) is 39.8 Å². The maximum absolute atomic E-state index is 12.7. The molecule has 0 saturated carbocycles. The third-order valence-electron chi connectivity index (χ3n) is 4.74. The molecule has 0 aliphatic carbocycles. The lowest BCUT2D eigenvalue weighted by Crippen LogP contribution is -2.40. The van der Waals surface area contributed by atoms with E-state index in [0.717, 1.165) is 34.7 Å². The number of likely N-dealkylation sites (tertiary alicyclic amines) is 1. The van der Waals surface area contributed by atoms with Crippen molar-refractivity contribution in [3.05, 3.63) is 42.5 Å². The number of sulfonamides is 1. The lowest BCUT2D eigenvalue weighted by atomic mass is 10.1. The van der Waals surface area contributed by atoms with Gasteiger partial charge in [0.25, 0.3) is 0 Å². The SMILES string of the molecule is CN(CC(=O)NCCN1CCCC1)S(=O)(=O)c1ccc2ccccc2c1. The summed E-state index contributed by atoms with van der Waals surface area (Å²) in [5.74, 6) is -0.281. The molecule has 0 aromatic heterocycles. The normalized spacial score (nSPS) is 15.6. The Morgan fingerprint density at radius 2 is 1.81 bits per heavy atom. The Hall–Kier alpha value is -1.96. The molecule has 0 bridgehead atoms. The van der Waals surface area contributed by atoms with Crippen LogP contribution in [0.1, 0.15) is 12.8 Å². The van der Waals surface area contributed by atoms with Crippen molar-refractivity contribution in [2.24, 2.45) is 0 Å². The van der Waals surface area contributed by atoms with Crippen LogP contribution in [-0.2, 0) is 14.8 Å². The van der Waals surface area contributed by atoms with Crippen LogP contribution in [0.15, 0.2) is 47.4 Å². The number of fused-ring (bicyclic) bond motifs is 1. The maximum atomic E-state index is 12.7. The monoisotopic (exact) mass is 375 g/mol. The number of hydrogen-bond donors (Lipinski definition) is 1. The molecule has 7 heteroatoms. The highest BCUT2D eigenvalue weighted by atomic mass is 32.2. The second-order valence-electron chi connectivity index (χ2n) is 6.67. The molecule has 1 fully saturated rings. The van der Waals surface area contributed by atoms with Crippen LogP contribution in [0.2, 0.25) is 0 Å². The van der Waals surface area contributed by atoms with Crippen LogP contribution in [0.4, 0.5) is 0 Å². The average Bonchev–Trinajstić information content (AvgIpc) is 3.14. The van der Waals surface area contributed by atoms with Crippen LogP contribution in [0.5, 0.6) is 0 Å². The number of benzene rings is 2. The van der Waals surface area contributed by atoms with Gasteiger partial charge in [-0.15, -0.1) is 0 Å². The van der Waals surface area contributed by atoms with E-state index in [1.54, 1.807) is 18.2 Å². The Morgan fingerprint density at radius 1 is 1.12 bits per heavy atom. The Balaban J connectivity index is 1.59. The van der Waals surface area contributed by atoms with Crippen LogP contribution in [0, 0.1) is 0 Å². The van der Waals surface area contributed by atoms with Gasteiger partial charge >= 0.3 is 0 Å². The van der Waals surface area contributed by atoms with E-state index in [9.17, 15) is 13.2 Å². The van der Waals surface area contributed by atoms with Gasteiger partial charge in [0.15, 0.2) is 0 Å². The van der Waals surface area contributed by atoms with Crippen LogP contribution in [0.25, 0.3) is 10.8 Å². The first-order valence-corrected chi connectivity index (χ1v) is 10.3. The molecule has 1 N–H and O–H groups in total. The highest BCUT2D eigenvalue weighted by Crippen LogP contribution is 2.21. The minimum atomic E-state index is -3.70. The summed E-state index contributed by atoms with van der Waals surface area (Å²) in [5, 5.41) is 4.65. The number of nitrogens with zero attached hydrogens (tertiary/aromatic N) is 2. The Bertz CT molecular complexity index is 876. The Kier molecular flexibility index (Phi) is 5.90. The number of carbonyl (C=O) groups is 1. The Morgan fingerprint density at radius 3 is 2.54 bits per heavy atom. The summed E-state index contributed by atoms with van der Waals surface area (Å²) in [4.78, 5) is 14.6. The highest BCUT2D eigenvalue weighted by Gasteiger charge is 2.23. The van der Waals surface area contributed by atoms with Crippen molar-refractivity contribution >= 4 is 26.7 Å². The average molecular weight is 375 g/mol. The highest BCUT2D eigenvalue weighted by molar-refractivity contribution is 7.89. The summed E-state index contributed by atoms with van der Waals surface area (Å²) in [7, 11) is -2.27. The van der Waals surface area contributed by atoms with Gasteiger partial charge in [0.2, 0.25) is 15.9 Å². The first kappa shape index (κ1) is 18.8. The van der Waals surface area contributed by atoms with Gasteiger partial charge in [0.1, 0.15) is 0 Å². The van der Waals surface area contributed by atoms with Gasteiger partial charge in [-0.05, 0) is 48.8 Å². The Labute approximate surface area is 154 Å². The van der Waals surface area contributed by atoms with Gasteiger partial charge in [-0.3, -0.25) is 4.79 Å². The van der Waals surface area contributed by atoms with Crippen LogP contribution in [-0.4, -0.2) is 63.3 Å². The fourth-order valence-electron chi connectivity index (χ4n) is 3.21. The van der Waals surface area contributed by atoms with Gasteiger partial charge in [-0.25, -0.2) is 8.42 Å².